The van der Waals surface area contributed by atoms with Gasteiger partial charge in [-0.05, 0) is 6.92 Å². The Labute approximate surface area is 153 Å². The molecule has 0 atom stereocenters. The molecule has 0 bridgehead atoms. The second-order valence-electron chi connectivity index (χ2n) is 5.49. The number of aromatic nitrogens is 3. The molecule has 1 aromatic carbocycles. The van der Waals surface area contributed by atoms with Gasteiger partial charge in [0.25, 0.3) is 0 Å². The number of rotatable bonds is 4. The van der Waals surface area contributed by atoms with Crippen molar-refractivity contribution in [1.82, 2.24) is 14.8 Å². The quantitative estimate of drug-likeness (QED) is 0.692. The van der Waals surface area contributed by atoms with E-state index in [1.807, 2.05) is 30.3 Å². The Balaban J connectivity index is 2.02. The molecular formula is C17H16N6O2S. The number of carbonyl (C=O) groups excluding carboxylic acids is 2. The molecule has 0 unspecified atom stereocenters. The topological polar surface area (TPSA) is 102 Å². The first kappa shape index (κ1) is 17.6. The molecule has 8 nitrogen and oxygen atoms in total. The van der Waals surface area contributed by atoms with E-state index in [2.05, 4.69) is 25.6 Å². The van der Waals surface area contributed by atoms with Gasteiger partial charge in [-0.2, -0.15) is 9.78 Å². The summed E-state index contributed by atoms with van der Waals surface area (Å²) in [6.07, 6.45) is 0. The van der Waals surface area contributed by atoms with E-state index in [0.717, 1.165) is 5.56 Å². The molecule has 2 aromatic heterocycles. The van der Waals surface area contributed by atoms with Crippen LogP contribution in [0, 0.1) is 6.92 Å². The fourth-order valence-corrected chi connectivity index (χ4v) is 3.11. The van der Waals surface area contributed by atoms with Gasteiger partial charge >= 0.3 is 0 Å². The van der Waals surface area contributed by atoms with Crippen molar-refractivity contribution in [2.75, 3.05) is 5.32 Å². The van der Waals surface area contributed by atoms with Crippen LogP contribution in [0.1, 0.15) is 24.3 Å². The van der Waals surface area contributed by atoms with Gasteiger partial charge in [0.1, 0.15) is 5.69 Å². The van der Waals surface area contributed by atoms with Crippen LogP contribution in [-0.2, 0) is 4.79 Å². The van der Waals surface area contributed by atoms with Crippen molar-refractivity contribution < 1.29 is 9.59 Å². The largest absolute Gasteiger partial charge is 0.302 e. The fraction of sp³-hybridized carbons (Fsp3) is 0.176. The minimum absolute atomic E-state index is 0.216. The van der Waals surface area contributed by atoms with Crippen LogP contribution < -0.4 is 5.32 Å². The number of hydrogen-bond acceptors (Lipinski definition) is 7. The number of nitrogens with zero attached hydrogens (tertiary/aromatic N) is 5. The predicted octanol–water partition coefficient (Wildman–Crippen LogP) is 4.35. The van der Waals surface area contributed by atoms with Crippen LogP contribution >= 0.6 is 11.3 Å². The fourth-order valence-electron chi connectivity index (χ4n) is 2.25. The Morgan fingerprint density at radius 3 is 2.54 bits per heavy atom. The van der Waals surface area contributed by atoms with Gasteiger partial charge in [-0.3, -0.25) is 9.59 Å². The van der Waals surface area contributed by atoms with Crippen molar-refractivity contribution in [1.29, 1.82) is 0 Å². The van der Waals surface area contributed by atoms with Crippen LogP contribution in [0.5, 0.6) is 0 Å². The maximum absolute atomic E-state index is 11.6. The van der Waals surface area contributed by atoms with E-state index in [9.17, 15) is 9.59 Å². The minimum Gasteiger partial charge on any atom is -0.302 e. The van der Waals surface area contributed by atoms with Gasteiger partial charge in [0.05, 0.1) is 5.69 Å². The van der Waals surface area contributed by atoms with Crippen molar-refractivity contribution >= 4 is 39.1 Å². The third-order valence-electron chi connectivity index (χ3n) is 3.29. The average molecular weight is 368 g/mol. The number of benzene rings is 1. The molecule has 0 saturated carbocycles. The lowest BCUT2D eigenvalue weighted by atomic mass is 10.2. The van der Waals surface area contributed by atoms with Crippen LogP contribution in [0.3, 0.4) is 0 Å². The van der Waals surface area contributed by atoms with Crippen molar-refractivity contribution in [2.45, 2.75) is 20.8 Å². The zero-order chi connectivity index (χ0) is 18.7. The van der Waals surface area contributed by atoms with Crippen LogP contribution in [-0.4, -0.2) is 26.6 Å². The lowest BCUT2D eigenvalue weighted by Gasteiger charge is -1.98. The summed E-state index contributed by atoms with van der Waals surface area (Å²) in [6.45, 7) is 4.59. The van der Waals surface area contributed by atoms with E-state index < -0.39 is 0 Å². The molecule has 3 aromatic rings. The van der Waals surface area contributed by atoms with E-state index in [4.69, 9.17) is 0 Å². The summed E-state index contributed by atoms with van der Waals surface area (Å²) in [5.41, 5.74) is 2.12. The lowest BCUT2D eigenvalue weighted by molar-refractivity contribution is -0.114. The molecule has 0 aliphatic rings. The van der Waals surface area contributed by atoms with Gasteiger partial charge in [0, 0.05) is 25.5 Å². The SMILES string of the molecule is CC(=O)Nc1nc(-c2ccccc2)c(/N=N/c2cc(C)nn2C(C)=O)s1. The van der Waals surface area contributed by atoms with Crippen LogP contribution in [0.15, 0.2) is 46.6 Å². The molecule has 9 heteroatoms. The van der Waals surface area contributed by atoms with Crippen molar-refractivity contribution in [2.24, 2.45) is 10.2 Å². The monoisotopic (exact) mass is 368 g/mol. The normalized spacial score (nSPS) is 11.0. The van der Waals surface area contributed by atoms with E-state index in [1.165, 1.54) is 29.9 Å². The third kappa shape index (κ3) is 3.89. The summed E-state index contributed by atoms with van der Waals surface area (Å²) >= 11 is 1.20. The Bertz CT molecular complexity index is 990. The molecule has 1 amide bonds. The highest BCUT2D eigenvalue weighted by Crippen LogP contribution is 2.39. The first-order chi connectivity index (χ1) is 12.4. The van der Waals surface area contributed by atoms with Crippen LogP contribution in [0.25, 0.3) is 11.3 Å². The van der Waals surface area contributed by atoms with Gasteiger partial charge in [-0.15, -0.1) is 10.2 Å². The molecule has 2 heterocycles. The maximum atomic E-state index is 11.6. The second kappa shape index (κ2) is 7.36. The summed E-state index contributed by atoms with van der Waals surface area (Å²) in [5, 5.41) is 16.1. The number of anilines is 1. The zero-order valence-corrected chi connectivity index (χ0v) is 15.2. The summed E-state index contributed by atoms with van der Waals surface area (Å²) in [7, 11) is 0. The van der Waals surface area contributed by atoms with Gasteiger partial charge in [0.2, 0.25) is 11.8 Å². The standard InChI is InChI=1S/C17H16N6O2S/c1-10-9-14(23(22-10)12(3)25)20-21-16-15(13-7-5-4-6-8-13)19-17(26-16)18-11(2)24/h4-9H,1-3H3,(H,18,19,24)/b21-20+. The number of thiazole rings is 1. The van der Waals surface area contributed by atoms with Gasteiger partial charge in [-0.1, -0.05) is 41.7 Å². The summed E-state index contributed by atoms with van der Waals surface area (Å²) in [6, 6.07) is 11.2. The smallest absolute Gasteiger partial charge is 0.245 e. The number of amides is 1. The first-order valence-electron chi connectivity index (χ1n) is 7.77. The molecule has 132 valence electrons. The van der Waals surface area contributed by atoms with Crippen LogP contribution in [0.4, 0.5) is 16.0 Å². The molecule has 0 spiro atoms. The van der Waals surface area contributed by atoms with Crippen LogP contribution in [0.2, 0.25) is 0 Å². The Morgan fingerprint density at radius 1 is 1.15 bits per heavy atom. The van der Waals surface area contributed by atoms with E-state index in [1.54, 1.807) is 13.0 Å². The molecular weight excluding hydrogens is 352 g/mol. The predicted molar refractivity (Wildman–Crippen MR) is 99.3 cm³/mol. The van der Waals surface area contributed by atoms with Gasteiger partial charge in [-0.25, -0.2) is 4.98 Å². The van der Waals surface area contributed by atoms with E-state index in [0.29, 0.717) is 27.3 Å². The van der Waals surface area contributed by atoms with Gasteiger partial charge in [0.15, 0.2) is 16.0 Å². The van der Waals surface area contributed by atoms with E-state index >= 15 is 0 Å². The Hall–Kier alpha value is -3.20. The average Bonchev–Trinajstić information content (AvgIpc) is 3.16. The van der Waals surface area contributed by atoms with Crippen molar-refractivity contribution in [3.63, 3.8) is 0 Å². The molecule has 0 radical (unpaired) electrons. The maximum Gasteiger partial charge on any atom is 0.245 e. The highest BCUT2D eigenvalue weighted by Gasteiger charge is 2.15. The third-order valence-corrected chi connectivity index (χ3v) is 4.15. The summed E-state index contributed by atoms with van der Waals surface area (Å²) in [5.74, 6) is -0.130. The molecule has 26 heavy (non-hydrogen) atoms. The highest BCUT2D eigenvalue weighted by molar-refractivity contribution is 7.19. The molecule has 3 rings (SSSR count). The zero-order valence-electron chi connectivity index (χ0n) is 14.4. The van der Waals surface area contributed by atoms with Crippen molar-refractivity contribution in [3.05, 3.63) is 42.1 Å². The molecule has 0 saturated heterocycles. The molecule has 0 aliphatic carbocycles. The number of azo groups is 1. The van der Waals surface area contributed by atoms with Gasteiger partial charge < -0.3 is 5.32 Å². The van der Waals surface area contributed by atoms with E-state index in [-0.39, 0.29) is 11.8 Å². The molecule has 0 fully saturated rings. The summed E-state index contributed by atoms with van der Waals surface area (Å²) < 4.78 is 1.19. The number of carbonyl (C=O) groups is 2. The Morgan fingerprint density at radius 2 is 1.88 bits per heavy atom. The molecule has 1 N–H and O–H groups in total. The molecule has 0 aliphatic heterocycles. The number of aryl methyl sites for hydroxylation is 1. The second-order valence-corrected chi connectivity index (χ2v) is 6.47. The lowest BCUT2D eigenvalue weighted by Crippen LogP contribution is -2.06. The Kier molecular flexibility index (Phi) is 4.99. The minimum atomic E-state index is -0.251. The highest BCUT2D eigenvalue weighted by atomic mass is 32.1. The number of nitrogens with one attached hydrogen (secondary N) is 1. The number of hydrogen-bond donors (Lipinski definition) is 1. The van der Waals surface area contributed by atoms with Crippen molar-refractivity contribution in [3.8, 4) is 11.3 Å². The summed E-state index contributed by atoms with van der Waals surface area (Å²) in [4.78, 5) is 27.4. The first-order valence-corrected chi connectivity index (χ1v) is 8.59.